The lowest BCUT2D eigenvalue weighted by Crippen LogP contribution is -2.34. The summed E-state index contributed by atoms with van der Waals surface area (Å²) < 4.78 is 7.27. The highest BCUT2D eigenvalue weighted by molar-refractivity contribution is 5.94. The first-order valence-electron chi connectivity index (χ1n) is 12.0. The van der Waals surface area contributed by atoms with Gasteiger partial charge in [-0.3, -0.25) is 19.3 Å². The van der Waals surface area contributed by atoms with Crippen LogP contribution in [0.2, 0.25) is 0 Å². The molecule has 0 aliphatic rings. The van der Waals surface area contributed by atoms with E-state index in [0.29, 0.717) is 16.8 Å². The number of hydrogen-bond acceptors (Lipinski definition) is 5. The molecule has 2 heterocycles. The van der Waals surface area contributed by atoms with Gasteiger partial charge in [-0.2, -0.15) is 5.10 Å². The van der Waals surface area contributed by atoms with Gasteiger partial charge in [0.15, 0.2) is 6.61 Å². The number of anilines is 2. The minimum Gasteiger partial charge on any atom is -0.484 e. The van der Waals surface area contributed by atoms with Crippen molar-refractivity contribution in [1.29, 1.82) is 0 Å². The van der Waals surface area contributed by atoms with Gasteiger partial charge in [0.25, 0.3) is 11.5 Å². The standard InChI is InChI=1S/C29H27N5O3/c1-19(2)32-28(35)18-37-24-7-5-6-23(14-24)34-17-27(25-8-3-4-9-26(25)29(34)36)33-22-12-10-20(11-13-22)21-15-30-31-16-21/h3-17,19,33H,18H2,1-2H3,(H,30,31)(H,32,35). The largest absolute Gasteiger partial charge is 0.484 e. The molecule has 8 nitrogen and oxygen atoms in total. The molecule has 2 aromatic heterocycles. The van der Waals surface area contributed by atoms with Crippen LogP contribution in [0.5, 0.6) is 5.75 Å². The highest BCUT2D eigenvalue weighted by atomic mass is 16.5. The maximum absolute atomic E-state index is 13.4. The van der Waals surface area contributed by atoms with E-state index in [4.69, 9.17) is 4.74 Å². The van der Waals surface area contributed by atoms with E-state index >= 15 is 0 Å². The summed E-state index contributed by atoms with van der Waals surface area (Å²) in [5, 5.41) is 14.5. The Bertz CT molecular complexity index is 1590. The number of aromatic nitrogens is 3. The van der Waals surface area contributed by atoms with E-state index in [1.165, 1.54) is 0 Å². The van der Waals surface area contributed by atoms with Gasteiger partial charge in [-0.25, -0.2) is 0 Å². The van der Waals surface area contributed by atoms with Crippen LogP contribution in [0.3, 0.4) is 0 Å². The average Bonchev–Trinajstić information content (AvgIpc) is 3.45. The number of rotatable bonds is 8. The predicted molar refractivity (Wildman–Crippen MR) is 146 cm³/mol. The Balaban J connectivity index is 1.47. The number of benzene rings is 3. The molecule has 8 heteroatoms. The molecule has 0 radical (unpaired) electrons. The number of aromatic amines is 1. The van der Waals surface area contributed by atoms with E-state index in [0.717, 1.165) is 27.9 Å². The van der Waals surface area contributed by atoms with Crippen molar-refractivity contribution < 1.29 is 9.53 Å². The fraction of sp³-hybridized carbons (Fsp3) is 0.138. The summed E-state index contributed by atoms with van der Waals surface area (Å²) in [7, 11) is 0. The van der Waals surface area contributed by atoms with Crippen LogP contribution in [0, 0.1) is 0 Å². The topological polar surface area (TPSA) is 101 Å². The van der Waals surface area contributed by atoms with Gasteiger partial charge in [-0.05, 0) is 49.7 Å². The van der Waals surface area contributed by atoms with Gasteiger partial charge in [0.05, 0.1) is 17.6 Å². The Morgan fingerprint density at radius 2 is 1.78 bits per heavy atom. The number of amides is 1. The van der Waals surface area contributed by atoms with Crippen molar-refractivity contribution in [2.24, 2.45) is 0 Å². The second kappa shape index (κ2) is 10.4. The summed E-state index contributed by atoms with van der Waals surface area (Å²) >= 11 is 0. The minimum absolute atomic E-state index is 0.0337. The highest BCUT2D eigenvalue weighted by Crippen LogP contribution is 2.28. The molecule has 1 amide bonds. The number of carbonyl (C=O) groups is 1. The second-order valence-corrected chi connectivity index (χ2v) is 8.96. The lowest BCUT2D eigenvalue weighted by molar-refractivity contribution is -0.123. The molecular weight excluding hydrogens is 466 g/mol. The molecule has 5 rings (SSSR count). The van der Waals surface area contributed by atoms with E-state index in [1.54, 1.807) is 35.2 Å². The van der Waals surface area contributed by atoms with Crippen molar-refractivity contribution in [1.82, 2.24) is 20.1 Å². The van der Waals surface area contributed by atoms with Crippen molar-refractivity contribution in [3.63, 3.8) is 0 Å². The van der Waals surface area contributed by atoms with Gasteiger partial charge in [0, 0.05) is 46.5 Å². The first kappa shape index (κ1) is 23.9. The van der Waals surface area contributed by atoms with Gasteiger partial charge in [0.2, 0.25) is 0 Å². The molecule has 0 aliphatic carbocycles. The number of nitrogens with zero attached hydrogens (tertiary/aromatic N) is 2. The summed E-state index contributed by atoms with van der Waals surface area (Å²) in [4.78, 5) is 25.4. The zero-order chi connectivity index (χ0) is 25.8. The SMILES string of the molecule is CC(C)NC(=O)COc1cccc(-n2cc(Nc3ccc(-c4cn[nH]c4)cc3)c3ccccc3c2=O)c1. The number of pyridine rings is 1. The number of fused-ring (bicyclic) bond motifs is 1. The summed E-state index contributed by atoms with van der Waals surface area (Å²) in [6.07, 6.45) is 5.42. The van der Waals surface area contributed by atoms with Gasteiger partial charge >= 0.3 is 0 Å². The smallest absolute Gasteiger partial charge is 0.263 e. The van der Waals surface area contributed by atoms with Crippen LogP contribution in [-0.2, 0) is 4.79 Å². The Hall–Kier alpha value is -4.85. The number of nitrogens with one attached hydrogen (secondary N) is 3. The van der Waals surface area contributed by atoms with Crippen molar-refractivity contribution in [3.8, 4) is 22.6 Å². The van der Waals surface area contributed by atoms with Gasteiger partial charge < -0.3 is 15.4 Å². The van der Waals surface area contributed by atoms with Crippen molar-refractivity contribution in [2.45, 2.75) is 19.9 Å². The fourth-order valence-electron chi connectivity index (χ4n) is 4.13. The molecule has 0 saturated carbocycles. The lowest BCUT2D eigenvalue weighted by atomic mass is 10.1. The zero-order valence-corrected chi connectivity index (χ0v) is 20.6. The van der Waals surface area contributed by atoms with Gasteiger partial charge in [-0.1, -0.05) is 36.4 Å². The third kappa shape index (κ3) is 5.38. The first-order valence-corrected chi connectivity index (χ1v) is 12.0. The summed E-state index contributed by atoms with van der Waals surface area (Å²) in [5.74, 6) is 0.300. The Kier molecular flexibility index (Phi) is 6.72. The maximum Gasteiger partial charge on any atom is 0.263 e. The average molecular weight is 494 g/mol. The van der Waals surface area contributed by atoms with Crippen LogP contribution in [0.4, 0.5) is 11.4 Å². The summed E-state index contributed by atoms with van der Waals surface area (Å²) in [6.45, 7) is 3.68. The molecule has 0 spiro atoms. The van der Waals surface area contributed by atoms with E-state index in [-0.39, 0.29) is 24.1 Å². The van der Waals surface area contributed by atoms with Crippen LogP contribution >= 0.6 is 0 Å². The fourth-order valence-corrected chi connectivity index (χ4v) is 4.13. The molecule has 5 aromatic rings. The summed E-state index contributed by atoms with van der Waals surface area (Å²) in [6, 6.07) is 22.7. The van der Waals surface area contributed by atoms with E-state index in [2.05, 4.69) is 20.8 Å². The van der Waals surface area contributed by atoms with Crippen LogP contribution in [0.1, 0.15) is 13.8 Å². The quantitative estimate of drug-likeness (QED) is 0.282. The molecule has 0 bridgehead atoms. The zero-order valence-electron chi connectivity index (χ0n) is 20.6. The Labute approximate surface area is 213 Å². The molecule has 0 unspecified atom stereocenters. The van der Waals surface area contributed by atoms with Crippen LogP contribution in [0.15, 0.2) is 96.2 Å². The molecule has 0 fully saturated rings. The third-order valence-electron chi connectivity index (χ3n) is 5.84. The second-order valence-electron chi connectivity index (χ2n) is 8.96. The van der Waals surface area contributed by atoms with Crippen molar-refractivity contribution in [2.75, 3.05) is 11.9 Å². The number of ether oxygens (including phenoxy) is 1. The molecule has 186 valence electrons. The van der Waals surface area contributed by atoms with Gasteiger partial charge in [0.1, 0.15) is 5.75 Å². The minimum atomic E-state index is -0.200. The monoisotopic (exact) mass is 493 g/mol. The number of hydrogen-bond donors (Lipinski definition) is 3. The molecule has 0 saturated heterocycles. The predicted octanol–water partition coefficient (Wildman–Crippen LogP) is 5.03. The Morgan fingerprint density at radius 3 is 2.51 bits per heavy atom. The number of carbonyl (C=O) groups excluding carboxylic acids is 1. The highest BCUT2D eigenvalue weighted by Gasteiger charge is 2.12. The molecule has 3 aromatic carbocycles. The molecule has 0 atom stereocenters. The molecule has 3 N–H and O–H groups in total. The first-order chi connectivity index (χ1) is 18.0. The van der Waals surface area contributed by atoms with E-state index in [9.17, 15) is 9.59 Å². The van der Waals surface area contributed by atoms with Crippen LogP contribution in [-0.4, -0.2) is 33.3 Å². The van der Waals surface area contributed by atoms with E-state index in [1.807, 2.05) is 74.6 Å². The van der Waals surface area contributed by atoms with Gasteiger partial charge in [-0.15, -0.1) is 0 Å². The van der Waals surface area contributed by atoms with E-state index < -0.39 is 0 Å². The summed E-state index contributed by atoms with van der Waals surface area (Å²) in [5.41, 5.74) is 4.22. The van der Waals surface area contributed by atoms with Crippen LogP contribution in [0.25, 0.3) is 27.6 Å². The lowest BCUT2D eigenvalue weighted by Gasteiger charge is -2.15. The van der Waals surface area contributed by atoms with Crippen molar-refractivity contribution in [3.05, 3.63) is 102 Å². The Morgan fingerprint density at radius 1 is 1.00 bits per heavy atom. The normalized spacial score (nSPS) is 11.0. The number of H-pyrrole nitrogens is 1. The molecule has 37 heavy (non-hydrogen) atoms. The maximum atomic E-state index is 13.4. The van der Waals surface area contributed by atoms with Crippen molar-refractivity contribution >= 4 is 28.1 Å². The molecular formula is C29H27N5O3. The van der Waals surface area contributed by atoms with Crippen LogP contribution < -0.4 is 20.9 Å². The molecule has 0 aliphatic heterocycles. The third-order valence-corrected chi connectivity index (χ3v) is 5.84.